The zero-order valence-electron chi connectivity index (χ0n) is 9.97. The van der Waals surface area contributed by atoms with Crippen molar-refractivity contribution in [1.29, 1.82) is 5.41 Å². The second kappa shape index (κ2) is 5.03. The highest BCUT2D eigenvalue weighted by atomic mass is 79.9. The van der Waals surface area contributed by atoms with E-state index in [4.69, 9.17) is 11.1 Å². The number of halogens is 4. The van der Waals surface area contributed by atoms with Crippen molar-refractivity contribution >= 4 is 27.5 Å². The number of amidine groups is 1. The first-order valence-electron chi connectivity index (χ1n) is 5.75. The number of hydrogen-bond donors (Lipinski definition) is 2. The van der Waals surface area contributed by atoms with Crippen molar-refractivity contribution in [3.63, 3.8) is 0 Å². The van der Waals surface area contributed by atoms with Crippen molar-refractivity contribution in [2.24, 2.45) is 5.73 Å². The second-order valence-corrected chi connectivity index (χ2v) is 5.41. The third kappa shape index (κ3) is 3.62. The maximum atomic E-state index is 12.6. The summed E-state index contributed by atoms with van der Waals surface area (Å²) in [5, 5.41) is 7.35. The third-order valence-electron chi connectivity index (χ3n) is 2.91. The van der Waals surface area contributed by atoms with E-state index in [1.54, 1.807) is 18.2 Å². The number of hydrogen-bond acceptors (Lipinski definition) is 2. The van der Waals surface area contributed by atoms with Gasteiger partial charge >= 0.3 is 6.18 Å². The Morgan fingerprint density at radius 2 is 2.05 bits per heavy atom. The van der Waals surface area contributed by atoms with Gasteiger partial charge in [0.2, 0.25) is 0 Å². The molecule has 0 spiro atoms. The minimum atomic E-state index is -4.23. The van der Waals surface area contributed by atoms with Gasteiger partial charge < -0.3 is 10.6 Å². The van der Waals surface area contributed by atoms with Crippen LogP contribution in [0.5, 0.6) is 0 Å². The van der Waals surface area contributed by atoms with Gasteiger partial charge in [0.05, 0.1) is 0 Å². The van der Waals surface area contributed by atoms with E-state index in [1.165, 1.54) is 4.90 Å². The molecular formula is C12H13BrF3N3. The van der Waals surface area contributed by atoms with E-state index in [-0.39, 0.29) is 11.9 Å². The van der Waals surface area contributed by atoms with Crippen LogP contribution in [0.25, 0.3) is 0 Å². The molecule has 1 aliphatic carbocycles. The molecule has 2 rings (SSSR count). The van der Waals surface area contributed by atoms with Gasteiger partial charge in [0, 0.05) is 21.8 Å². The predicted molar refractivity (Wildman–Crippen MR) is 71.6 cm³/mol. The summed E-state index contributed by atoms with van der Waals surface area (Å²) < 4.78 is 38.3. The molecule has 1 fully saturated rings. The van der Waals surface area contributed by atoms with Crippen molar-refractivity contribution < 1.29 is 13.2 Å². The molecule has 0 aliphatic heterocycles. The molecule has 0 bridgehead atoms. The molecule has 19 heavy (non-hydrogen) atoms. The molecule has 0 radical (unpaired) electrons. The summed E-state index contributed by atoms with van der Waals surface area (Å²) in [6.45, 7) is -0.955. The third-order valence-corrected chi connectivity index (χ3v) is 3.57. The first-order valence-corrected chi connectivity index (χ1v) is 6.54. The molecule has 0 atom stereocenters. The summed E-state index contributed by atoms with van der Waals surface area (Å²) in [7, 11) is 0. The average Bonchev–Trinajstić information content (AvgIpc) is 3.07. The Kier molecular flexibility index (Phi) is 3.75. The van der Waals surface area contributed by atoms with Crippen LogP contribution in [0.3, 0.4) is 0 Å². The Balaban J connectivity index is 2.27. The number of nitrogen functional groups attached to an aromatic ring is 1. The fraction of sp³-hybridized carbons (Fsp3) is 0.417. The first-order chi connectivity index (χ1) is 8.78. The van der Waals surface area contributed by atoms with Crippen LogP contribution in [0.4, 0.5) is 18.9 Å². The van der Waals surface area contributed by atoms with Gasteiger partial charge in [-0.25, -0.2) is 0 Å². The lowest BCUT2D eigenvalue weighted by Crippen LogP contribution is -2.36. The van der Waals surface area contributed by atoms with Crippen molar-refractivity contribution in [2.45, 2.75) is 25.1 Å². The van der Waals surface area contributed by atoms with Gasteiger partial charge in [-0.05, 0) is 47.0 Å². The molecule has 1 aromatic rings. The summed E-state index contributed by atoms with van der Waals surface area (Å²) in [6.07, 6.45) is -2.67. The normalized spacial score (nSPS) is 15.4. The topological polar surface area (TPSA) is 53.1 Å². The number of nitrogens with zero attached hydrogens (tertiary/aromatic N) is 1. The average molecular weight is 336 g/mol. The van der Waals surface area contributed by atoms with Gasteiger partial charge in [0.1, 0.15) is 12.4 Å². The molecule has 1 aliphatic rings. The van der Waals surface area contributed by atoms with E-state index in [1.807, 2.05) is 0 Å². The van der Waals surface area contributed by atoms with E-state index in [0.717, 1.165) is 12.8 Å². The van der Waals surface area contributed by atoms with E-state index in [0.29, 0.717) is 15.7 Å². The van der Waals surface area contributed by atoms with Crippen LogP contribution in [0.1, 0.15) is 18.4 Å². The van der Waals surface area contributed by atoms with Crippen molar-refractivity contribution in [1.82, 2.24) is 0 Å². The second-order valence-electron chi connectivity index (χ2n) is 4.55. The Bertz CT molecular complexity index is 497. The molecule has 0 saturated heterocycles. The number of anilines is 1. The minimum Gasteiger partial charge on any atom is -0.384 e. The SMILES string of the molecule is N=C(N)c1ccc(N(CC(F)(F)F)C2CC2)cc1Br. The lowest BCUT2D eigenvalue weighted by atomic mass is 10.1. The quantitative estimate of drug-likeness (QED) is 0.655. The van der Waals surface area contributed by atoms with Crippen molar-refractivity contribution in [3.8, 4) is 0 Å². The van der Waals surface area contributed by atoms with Crippen molar-refractivity contribution in [3.05, 3.63) is 28.2 Å². The number of nitrogens with two attached hydrogens (primary N) is 1. The number of benzene rings is 1. The van der Waals surface area contributed by atoms with Crippen molar-refractivity contribution in [2.75, 3.05) is 11.4 Å². The van der Waals surface area contributed by atoms with Crippen LogP contribution in [-0.2, 0) is 0 Å². The highest BCUT2D eigenvalue weighted by Crippen LogP contribution is 2.35. The van der Waals surface area contributed by atoms with Crippen LogP contribution in [0.15, 0.2) is 22.7 Å². The summed E-state index contributed by atoms with van der Waals surface area (Å²) in [5.41, 5.74) is 6.35. The maximum absolute atomic E-state index is 12.6. The summed E-state index contributed by atoms with van der Waals surface area (Å²) in [4.78, 5) is 1.36. The Labute approximate surface area is 117 Å². The van der Waals surface area contributed by atoms with Crippen LogP contribution < -0.4 is 10.6 Å². The van der Waals surface area contributed by atoms with Gasteiger partial charge in [0.15, 0.2) is 0 Å². The lowest BCUT2D eigenvalue weighted by Gasteiger charge is -2.26. The Morgan fingerprint density at radius 3 is 2.47 bits per heavy atom. The van der Waals surface area contributed by atoms with E-state index >= 15 is 0 Å². The fourth-order valence-electron chi connectivity index (χ4n) is 1.91. The molecule has 1 aromatic carbocycles. The highest BCUT2D eigenvalue weighted by molar-refractivity contribution is 9.10. The Hall–Kier alpha value is -1.24. The smallest absolute Gasteiger partial charge is 0.384 e. The lowest BCUT2D eigenvalue weighted by molar-refractivity contribution is -0.120. The first kappa shape index (κ1) is 14.2. The van der Waals surface area contributed by atoms with Crippen LogP contribution in [0, 0.1) is 5.41 Å². The summed E-state index contributed by atoms with van der Waals surface area (Å²) >= 11 is 3.24. The molecule has 3 N–H and O–H groups in total. The maximum Gasteiger partial charge on any atom is 0.405 e. The molecule has 0 unspecified atom stereocenters. The Morgan fingerprint density at radius 1 is 1.42 bits per heavy atom. The molecule has 0 heterocycles. The zero-order valence-corrected chi connectivity index (χ0v) is 11.6. The highest BCUT2D eigenvalue weighted by Gasteiger charge is 2.38. The number of nitrogens with one attached hydrogen (secondary N) is 1. The summed E-state index contributed by atoms with van der Waals surface area (Å²) in [5.74, 6) is -0.118. The van der Waals surface area contributed by atoms with E-state index in [9.17, 15) is 13.2 Å². The zero-order chi connectivity index (χ0) is 14.2. The van der Waals surface area contributed by atoms with Crippen LogP contribution >= 0.6 is 15.9 Å². The standard InChI is InChI=1S/C12H13BrF3N3/c13-10-5-8(3-4-9(10)11(17)18)19(7-1-2-7)6-12(14,15)16/h3-5,7H,1-2,6H2,(H3,17,18). The summed E-state index contributed by atoms with van der Waals surface area (Å²) in [6, 6.07) is 4.68. The van der Waals surface area contributed by atoms with E-state index < -0.39 is 12.7 Å². The van der Waals surface area contributed by atoms with Gasteiger partial charge in [-0.2, -0.15) is 13.2 Å². The van der Waals surface area contributed by atoms with Gasteiger partial charge in [-0.3, -0.25) is 5.41 Å². The number of alkyl halides is 3. The van der Waals surface area contributed by atoms with Gasteiger partial charge in [0.25, 0.3) is 0 Å². The largest absolute Gasteiger partial charge is 0.405 e. The molecule has 104 valence electrons. The van der Waals surface area contributed by atoms with Crippen LogP contribution in [0.2, 0.25) is 0 Å². The van der Waals surface area contributed by atoms with Crippen LogP contribution in [-0.4, -0.2) is 24.6 Å². The van der Waals surface area contributed by atoms with Gasteiger partial charge in [-0.15, -0.1) is 0 Å². The molecule has 3 nitrogen and oxygen atoms in total. The van der Waals surface area contributed by atoms with Gasteiger partial charge in [-0.1, -0.05) is 0 Å². The molecule has 0 aromatic heterocycles. The molecule has 0 amide bonds. The fourth-order valence-corrected chi connectivity index (χ4v) is 2.49. The molecule has 7 heteroatoms. The predicted octanol–water partition coefficient (Wildman–Crippen LogP) is 3.26. The van der Waals surface area contributed by atoms with E-state index in [2.05, 4.69) is 15.9 Å². The monoisotopic (exact) mass is 335 g/mol. The minimum absolute atomic E-state index is 0.0447. The number of rotatable bonds is 4. The molecular weight excluding hydrogens is 323 g/mol. The molecule has 1 saturated carbocycles.